The van der Waals surface area contributed by atoms with Crippen LogP contribution in [0, 0.1) is 12.7 Å². The number of aryl methyl sites for hydroxylation is 1. The summed E-state index contributed by atoms with van der Waals surface area (Å²) in [5.41, 5.74) is 0.250. The molecule has 0 aliphatic heterocycles. The summed E-state index contributed by atoms with van der Waals surface area (Å²) in [7, 11) is 0. The molecule has 1 rings (SSSR count). The Morgan fingerprint density at radius 2 is 2.25 bits per heavy atom. The lowest BCUT2D eigenvalue weighted by atomic mass is 10.2. The molecule has 0 bridgehead atoms. The molecule has 0 saturated heterocycles. The molecule has 1 aromatic rings. The summed E-state index contributed by atoms with van der Waals surface area (Å²) in [6.07, 6.45) is 1.24. The van der Waals surface area contributed by atoms with Gasteiger partial charge in [0.2, 0.25) is 6.08 Å². The van der Waals surface area contributed by atoms with E-state index in [9.17, 15) is 9.18 Å². The molecule has 0 unspecified atom stereocenters. The van der Waals surface area contributed by atoms with E-state index in [1.807, 2.05) is 0 Å². The maximum absolute atomic E-state index is 13.1. The molecule has 0 radical (unpaired) electrons. The van der Waals surface area contributed by atoms with E-state index in [2.05, 4.69) is 4.99 Å². The van der Waals surface area contributed by atoms with Crippen LogP contribution < -0.4 is 0 Å². The molecule has 1 aromatic carbocycles. The zero-order valence-corrected chi connectivity index (χ0v) is 7.02. The van der Waals surface area contributed by atoms with E-state index in [0.717, 1.165) is 0 Å². The van der Waals surface area contributed by atoms with Gasteiger partial charge in [0.05, 0.1) is 5.02 Å². The Morgan fingerprint density at radius 1 is 1.58 bits per heavy atom. The van der Waals surface area contributed by atoms with Gasteiger partial charge in [-0.2, -0.15) is 4.99 Å². The predicted octanol–water partition coefficient (Wildman–Crippen LogP) is 2.75. The first-order valence-corrected chi connectivity index (χ1v) is 3.57. The lowest BCUT2D eigenvalue weighted by Gasteiger charge is -2.00. The highest BCUT2D eigenvalue weighted by atomic mass is 35.5. The molecule has 0 amide bonds. The van der Waals surface area contributed by atoms with E-state index < -0.39 is 5.82 Å². The van der Waals surface area contributed by atoms with E-state index in [4.69, 9.17) is 11.6 Å². The van der Waals surface area contributed by atoms with Gasteiger partial charge in [-0.05, 0) is 18.6 Å². The molecule has 0 fully saturated rings. The third-order valence-electron chi connectivity index (χ3n) is 1.42. The molecule has 0 aliphatic rings. The van der Waals surface area contributed by atoms with Gasteiger partial charge in [-0.15, -0.1) is 0 Å². The summed E-state index contributed by atoms with van der Waals surface area (Å²) in [6, 6.07) is 3.00. The lowest BCUT2D eigenvalue weighted by Crippen LogP contribution is -1.82. The monoisotopic (exact) mass is 185 g/mol. The van der Waals surface area contributed by atoms with Crippen LogP contribution in [0.3, 0.4) is 0 Å². The van der Waals surface area contributed by atoms with E-state index >= 15 is 0 Å². The van der Waals surface area contributed by atoms with Gasteiger partial charge < -0.3 is 0 Å². The second-order valence-electron chi connectivity index (χ2n) is 2.23. The second kappa shape index (κ2) is 3.48. The number of isocyanates is 1. The van der Waals surface area contributed by atoms with Crippen molar-refractivity contribution in [3.05, 3.63) is 28.5 Å². The van der Waals surface area contributed by atoms with Crippen LogP contribution in [0.2, 0.25) is 5.02 Å². The number of carbonyl (C=O) groups excluding carboxylic acids is 1. The highest BCUT2D eigenvalue weighted by Gasteiger charge is 2.08. The first-order chi connectivity index (χ1) is 5.66. The molecular formula is C8H5ClFNO. The van der Waals surface area contributed by atoms with Crippen molar-refractivity contribution in [1.29, 1.82) is 0 Å². The van der Waals surface area contributed by atoms with Gasteiger partial charge in [-0.25, -0.2) is 9.18 Å². The third-order valence-corrected chi connectivity index (χ3v) is 1.72. The first-order valence-electron chi connectivity index (χ1n) is 3.19. The Balaban J connectivity index is 3.42. The van der Waals surface area contributed by atoms with Crippen LogP contribution in [0.25, 0.3) is 0 Å². The van der Waals surface area contributed by atoms with Gasteiger partial charge in [0.15, 0.2) is 5.82 Å². The van der Waals surface area contributed by atoms with Crippen molar-refractivity contribution in [2.45, 2.75) is 6.92 Å². The molecule has 0 aliphatic carbocycles. The van der Waals surface area contributed by atoms with Crippen LogP contribution in [0.5, 0.6) is 0 Å². The number of nitrogens with zero attached hydrogens (tertiary/aromatic N) is 1. The van der Waals surface area contributed by atoms with Crippen LogP contribution in [0.4, 0.5) is 10.1 Å². The number of halogens is 2. The molecule has 12 heavy (non-hydrogen) atoms. The van der Waals surface area contributed by atoms with Crippen molar-refractivity contribution in [1.82, 2.24) is 0 Å². The van der Waals surface area contributed by atoms with Crippen molar-refractivity contribution in [3.8, 4) is 0 Å². The van der Waals surface area contributed by atoms with E-state index in [1.165, 1.54) is 18.2 Å². The number of aliphatic imine (C=N–C) groups is 1. The summed E-state index contributed by atoms with van der Waals surface area (Å²) in [5, 5.41) is 0.112. The third kappa shape index (κ3) is 1.52. The molecule has 0 spiro atoms. The van der Waals surface area contributed by atoms with Crippen molar-refractivity contribution in [3.63, 3.8) is 0 Å². The fraction of sp³-hybridized carbons (Fsp3) is 0.125. The van der Waals surface area contributed by atoms with E-state index in [1.54, 1.807) is 6.92 Å². The summed E-state index contributed by atoms with van der Waals surface area (Å²) < 4.78 is 13.1. The Morgan fingerprint density at radius 3 is 2.83 bits per heavy atom. The van der Waals surface area contributed by atoms with Gasteiger partial charge in [0.1, 0.15) is 5.69 Å². The summed E-state index contributed by atoms with van der Waals surface area (Å²) in [4.78, 5) is 13.0. The highest BCUT2D eigenvalue weighted by molar-refractivity contribution is 6.33. The van der Waals surface area contributed by atoms with Gasteiger partial charge in [-0.1, -0.05) is 17.7 Å². The van der Waals surface area contributed by atoms with Crippen LogP contribution in [-0.2, 0) is 4.79 Å². The number of hydrogen-bond acceptors (Lipinski definition) is 2. The molecule has 0 atom stereocenters. The molecule has 0 aromatic heterocycles. The van der Waals surface area contributed by atoms with Crippen molar-refractivity contribution in [2.75, 3.05) is 0 Å². The smallest absolute Gasteiger partial charge is 0.211 e. The summed E-state index contributed by atoms with van der Waals surface area (Å²) in [6.45, 7) is 1.56. The summed E-state index contributed by atoms with van der Waals surface area (Å²) >= 11 is 5.57. The number of rotatable bonds is 1. The Hall–Kier alpha value is -1.18. The minimum Gasteiger partial charge on any atom is -0.211 e. The maximum Gasteiger partial charge on any atom is 0.240 e. The van der Waals surface area contributed by atoms with Crippen molar-refractivity contribution < 1.29 is 9.18 Å². The van der Waals surface area contributed by atoms with Crippen LogP contribution in [0.1, 0.15) is 5.56 Å². The molecule has 0 N–H and O–H groups in total. The zero-order chi connectivity index (χ0) is 9.14. The molecule has 0 saturated carbocycles. The molecule has 0 heterocycles. The normalized spacial score (nSPS) is 9.25. The fourth-order valence-corrected chi connectivity index (χ4v) is 0.978. The van der Waals surface area contributed by atoms with Crippen molar-refractivity contribution >= 4 is 23.4 Å². The fourth-order valence-electron chi connectivity index (χ4n) is 0.790. The highest BCUT2D eigenvalue weighted by Crippen LogP contribution is 2.29. The lowest BCUT2D eigenvalue weighted by molar-refractivity contribution is 0.564. The summed E-state index contributed by atoms with van der Waals surface area (Å²) in [5.74, 6) is -0.578. The quantitative estimate of drug-likeness (QED) is 0.489. The van der Waals surface area contributed by atoms with E-state index in [-0.39, 0.29) is 10.7 Å². The van der Waals surface area contributed by atoms with Gasteiger partial charge in [0, 0.05) is 0 Å². The largest absolute Gasteiger partial charge is 0.240 e. The predicted molar refractivity (Wildman–Crippen MR) is 43.9 cm³/mol. The Kier molecular flexibility index (Phi) is 2.58. The standard InChI is InChI=1S/C8H5ClFNO/c1-5-2-3-6(9)8(7(5)10)11-4-12/h2-3H,1H3. The minimum absolute atomic E-state index is 0.112. The Labute approximate surface area is 73.7 Å². The number of benzene rings is 1. The van der Waals surface area contributed by atoms with Crippen LogP contribution in [-0.4, -0.2) is 6.08 Å². The maximum atomic E-state index is 13.1. The number of hydrogen-bond donors (Lipinski definition) is 0. The van der Waals surface area contributed by atoms with Crippen molar-refractivity contribution in [2.24, 2.45) is 4.99 Å². The average Bonchev–Trinajstić information content (AvgIpc) is 2.06. The SMILES string of the molecule is Cc1ccc(Cl)c(N=C=O)c1F. The van der Waals surface area contributed by atoms with E-state index in [0.29, 0.717) is 5.56 Å². The van der Waals surface area contributed by atoms with Crippen LogP contribution >= 0.6 is 11.6 Å². The molecule has 62 valence electrons. The first kappa shape index (κ1) is 8.91. The van der Waals surface area contributed by atoms with Gasteiger partial charge >= 0.3 is 0 Å². The average molecular weight is 186 g/mol. The molecule has 4 heteroatoms. The topological polar surface area (TPSA) is 29.4 Å². The van der Waals surface area contributed by atoms with Crippen LogP contribution in [0.15, 0.2) is 17.1 Å². The van der Waals surface area contributed by atoms with Gasteiger partial charge in [0.25, 0.3) is 0 Å². The molecule has 2 nitrogen and oxygen atoms in total. The van der Waals surface area contributed by atoms with Gasteiger partial charge in [-0.3, -0.25) is 0 Å². The molecular weight excluding hydrogens is 181 g/mol. The second-order valence-corrected chi connectivity index (χ2v) is 2.64. The zero-order valence-electron chi connectivity index (χ0n) is 6.27. The Bertz CT molecular complexity index is 358. The minimum atomic E-state index is -0.578.